The number of esters is 2. The van der Waals surface area contributed by atoms with Gasteiger partial charge in [0.2, 0.25) is 0 Å². The average molecular weight is 334 g/mol. The quantitative estimate of drug-likeness (QED) is 0.197. The number of hydrogen-bond acceptors (Lipinski definition) is 9. The molecule has 9 heteroatoms. The Morgan fingerprint density at radius 2 is 1.48 bits per heavy atom. The topological polar surface area (TPSA) is 138 Å². The third-order valence-electron chi connectivity index (χ3n) is 2.82. The molecule has 0 rings (SSSR count). The van der Waals surface area contributed by atoms with E-state index in [4.69, 9.17) is 20.9 Å². The molecule has 0 aliphatic rings. The van der Waals surface area contributed by atoms with Crippen LogP contribution in [0.2, 0.25) is 0 Å². The lowest BCUT2D eigenvalue weighted by molar-refractivity contribution is -0.157. The Balaban J connectivity index is 4.04. The molecule has 6 N–H and O–H groups in total. The van der Waals surface area contributed by atoms with E-state index in [-0.39, 0.29) is 19.3 Å². The molecule has 0 aliphatic carbocycles. The molecule has 0 unspecified atom stereocenters. The Bertz CT molecular complexity index is 306. The van der Waals surface area contributed by atoms with Crippen molar-refractivity contribution in [2.24, 2.45) is 11.5 Å². The van der Waals surface area contributed by atoms with Crippen LogP contribution in [-0.2, 0) is 23.8 Å². The molecule has 0 saturated heterocycles. The van der Waals surface area contributed by atoms with Gasteiger partial charge in [0, 0.05) is 13.1 Å². The van der Waals surface area contributed by atoms with Gasteiger partial charge in [-0.1, -0.05) is 0 Å². The van der Waals surface area contributed by atoms with Gasteiger partial charge in [0.1, 0.15) is 19.3 Å². The van der Waals surface area contributed by atoms with Crippen molar-refractivity contribution in [1.82, 2.24) is 10.6 Å². The van der Waals surface area contributed by atoms with Crippen LogP contribution in [0, 0.1) is 0 Å². The molecule has 0 aromatic heterocycles. The van der Waals surface area contributed by atoms with Crippen LogP contribution in [0.1, 0.15) is 12.8 Å². The number of nitrogens with two attached hydrogens (primary N) is 2. The monoisotopic (exact) mass is 334 g/mol. The van der Waals surface area contributed by atoms with Gasteiger partial charge < -0.3 is 36.3 Å². The molecular formula is C14H30N4O5. The first-order valence-corrected chi connectivity index (χ1v) is 7.79. The predicted octanol–water partition coefficient (Wildman–Crippen LogP) is -2.04. The van der Waals surface area contributed by atoms with Crippen LogP contribution in [0.5, 0.6) is 0 Å². The second-order valence-corrected chi connectivity index (χ2v) is 4.87. The van der Waals surface area contributed by atoms with Gasteiger partial charge in [-0.3, -0.25) is 0 Å². The summed E-state index contributed by atoms with van der Waals surface area (Å²) in [6.07, 6.45) is 1.37. The maximum atomic E-state index is 11.7. The number of ether oxygens (including phenoxy) is 3. The molecule has 136 valence electrons. The van der Waals surface area contributed by atoms with Gasteiger partial charge in [0.05, 0.1) is 7.11 Å². The number of hydrogen-bond donors (Lipinski definition) is 4. The molecule has 0 heterocycles. The van der Waals surface area contributed by atoms with E-state index in [9.17, 15) is 9.59 Å². The molecule has 0 amide bonds. The predicted molar refractivity (Wildman–Crippen MR) is 85.8 cm³/mol. The summed E-state index contributed by atoms with van der Waals surface area (Å²) in [6.45, 7) is 3.17. The third-order valence-corrected chi connectivity index (χ3v) is 2.82. The minimum atomic E-state index is -0.541. The maximum absolute atomic E-state index is 11.7. The number of rotatable bonds is 15. The summed E-state index contributed by atoms with van der Waals surface area (Å²) in [5.74, 6) is -1.07. The van der Waals surface area contributed by atoms with Crippen molar-refractivity contribution >= 4 is 11.9 Å². The highest BCUT2D eigenvalue weighted by Gasteiger charge is 2.14. The second kappa shape index (κ2) is 15.6. The molecule has 0 bridgehead atoms. The van der Waals surface area contributed by atoms with Crippen LogP contribution < -0.4 is 22.1 Å². The number of methoxy groups -OCH3 is 1. The van der Waals surface area contributed by atoms with Crippen molar-refractivity contribution in [3.63, 3.8) is 0 Å². The first-order chi connectivity index (χ1) is 11.1. The Hall–Kier alpha value is -1.26. The molecule has 0 atom stereocenters. The van der Waals surface area contributed by atoms with Crippen LogP contribution in [0.25, 0.3) is 0 Å². The van der Waals surface area contributed by atoms with E-state index in [0.717, 1.165) is 25.9 Å². The highest BCUT2D eigenvalue weighted by atomic mass is 16.6. The Kier molecular flexibility index (Phi) is 14.8. The van der Waals surface area contributed by atoms with Gasteiger partial charge in [-0.2, -0.15) is 0 Å². The molecular weight excluding hydrogens is 304 g/mol. The lowest BCUT2D eigenvalue weighted by Crippen LogP contribution is -2.40. The Morgan fingerprint density at radius 3 is 1.96 bits per heavy atom. The average Bonchev–Trinajstić information content (AvgIpc) is 2.55. The minimum absolute atomic E-state index is 0.278. The fraction of sp³-hybridized carbons (Fsp3) is 0.857. The Labute approximate surface area is 137 Å². The standard InChI is InChI=1S/C14H30N4O5/c1-21-13(19)10-22-11-14(20)23-12(8-17-6-2-4-15)9-18-7-3-5-16/h12,17-18H,2-11,15-16H2,1H3. The molecule has 0 saturated carbocycles. The van der Waals surface area contributed by atoms with Gasteiger partial charge in [-0.25, -0.2) is 9.59 Å². The summed E-state index contributed by atoms with van der Waals surface area (Å²) < 4.78 is 14.6. The van der Waals surface area contributed by atoms with E-state index in [2.05, 4.69) is 15.4 Å². The fourth-order valence-corrected chi connectivity index (χ4v) is 1.63. The summed E-state index contributed by atoms with van der Waals surface area (Å²) in [6, 6.07) is 0. The van der Waals surface area contributed by atoms with Crippen LogP contribution in [0.4, 0.5) is 0 Å². The van der Waals surface area contributed by atoms with Crippen LogP contribution in [0.15, 0.2) is 0 Å². The molecule has 0 aromatic rings. The Morgan fingerprint density at radius 1 is 0.957 bits per heavy atom. The lowest BCUT2D eigenvalue weighted by atomic mass is 10.3. The van der Waals surface area contributed by atoms with Crippen LogP contribution >= 0.6 is 0 Å². The van der Waals surface area contributed by atoms with Crippen molar-refractivity contribution in [2.75, 3.05) is 59.6 Å². The van der Waals surface area contributed by atoms with Crippen molar-refractivity contribution < 1.29 is 23.8 Å². The van der Waals surface area contributed by atoms with E-state index < -0.39 is 11.9 Å². The highest BCUT2D eigenvalue weighted by molar-refractivity contribution is 5.73. The van der Waals surface area contributed by atoms with Gasteiger partial charge in [0.15, 0.2) is 0 Å². The summed E-state index contributed by atoms with van der Waals surface area (Å²) >= 11 is 0. The summed E-state index contributed by atoms with van der Waals surface area (Å²) in [4.78, 5) is 22.6. The van der Waals surface area contributed by atoms with E-state index in [0.29, 0.717) is 26.2 Å². The van der Waals surface area contributed by atoms with E-state index in [1.807, 2.05) is 0 Å². The van der Waals surface area contributed by atoms with Crippen molar-refractivity contribution in [3.8, 4) is 0 Å². The molecule has 0 aliphatic heterocycles. The van der Waals surface area contributed by atoms with Gasteiger partial charge in [-0.15, -0.1) is 0 Å². The first-order valence-electron chi connectivity index (χ1n) is 7.79. The van der Waals surface area contributed by atoms with Crippen molar-refractivity contribution in [2.45, 2.75) is 18.9 Å². The van der Waals surface area contributed by atoms with Gasteiger partial charge in [0.25, 0.3) is 0 Å². The SMILES string of the molecule is COC(=O)COCC(=O)OC(CNCCCN)CNCCCN. The largest absolute Gasteiger partial charge is 0.467 e. The van der Waals surface area contributed by atoms with Crippen LogP contribution in [0.3, 0.4) is 0 Å². The number of carbonyl (C=O) groups excluding carboxylic acids is 2. The zero-order valence-corrected chi connectivity index (χ0v) is 13.8. The maximum Gasteiger partial charge on any atom is 0.332 e. The zero-order valence-electron chi connectivity index (χ0n) is 13.8. The first kappa shape index (κ1) is 21.7. The van der Waals surface area contributed by atoms with E-state index >= 15 is 0 Å². The summed E-state index contributed by atoms with van der Waals surface area (Å²) in [7, 11) is 1.25. The molecule has 23 heavy (non-hydrogen) atoms. The second-order valence-electron chi connectivity index (χ2n) is 4.87. The van der Waals surface area contributed by atoms with Gasteiger partial charge >= 0.3 is 11.9 Å². The summed E-state index contributed by atoms with van der Waals surface area (Å²) in [5.41, 5.74) is 10.9. The van der Waals surface area contributed by atoms with Crippen LogP contribution in [-0.4, -0.2) is 77.6 Å². The summed E-state index contributed by atoms with van der Waals surface area (Å²) in [5, 5.41) is 6.36. The molecule has 0 radical (unpaired) electrons. The normalized spacial score (nSPS) is 10.8. The smallest absolute Gasteiger partial charge is 0.332 e. The zero-order chi connectivity index (χ0) is 17.3. The van der Waals surface area contributed by atoms with E-state index in [1.165, 1.54) is 7.11 Å². The molecule has 0 spiro atoms. The number of carbonyl (C=O) groups is 2. The molecule has 9 nitrogen and oxygen atoms in total. The van der Waals surface area contributed by atoms with Crippen molar-refractivity contribution in [3.05, 3.63) is 0 Å². The number of nitrogens with one attached hydrogen (secondary N) is 2. The lowest BCUT2D eigenvalue weighted by Gasteiger charge is -2.19. The third kappa shape index (κ3) is 14.1. The van der Waals surface area contributed by atoms with Crippen molar-refractivity contribution in [1.29, 1.82) is 0 Å². The minimum Gasteiger partial charge on any atom is -0.467 e. The highest BCUT2D eigenvalue weighted by Crippen LogP contribution is 1.93. The fourth-order valence-electron chi connectivity index (χ4n) is 1.63. The van der Waals surface area contributed by atoms with Gasteiger partial charge in [-0.05, 0) is 39.0 Å². The molecule has 0 fully saturated rings. The molecule has 0 aromatic carbocycles. The van der Waals surface area contributed by atoms with E-state index in [1.54, 1.807) is 0 Å².